The summed E-state index contributed by atoms with van der Waals surface area (Å²) in [6, 6.07) is 16.3. The van der Waals surface area contributed by atoms with Gasteiger partial charge in [0.05, 0.1) is 26.7 Å². The molecule has 1 amide bonds. The molecule has 0 saturated heterocycles. The number of aromatic nitrogens is 1. The maximum absolute atomic E-state index is 12.8. The molecular weight excluding hydrogens is 376 g/mol. The molecule has 144 valence electrons. The molecule has 0 aliphatic heterocycles. The fraction of sp³-hybridized carbons (Fsp3) is 0.182. The van der Waals surface area contributed by atoms with Crippen LogP contribution in [0.1, 0.15) is 22.7 Å². The van der Waals surface area contributed by atoms with Crippen LogP contribution in [0.4, 0.5) is 0 Å². The van der Waals surface area contributed by atoms with Crippen molar-refractivity contribution in [2.45, 2.75) is 12.5 Å². The smallest absolute Gasteiger partial charge is 0.225 e. The minimum atomic E-state index is -0.321. The molecule has 28 heavy (non-hydrogen) atoms. The largest absolute Gasteiger partial charge is 0.493 e. The number of carbonyl (C=O) groups is 1. The number of rotatable bonds is 7. The maximum Gasteiger partial charge on any atom is 0.225 e. The third kappa shape index (κ3) is 4.81. The van der Waals surface area contributed by atoms with Crippen LogP contribution in [0.25, 0.3) is 0 Å². The van der Waals surface area contributed by atoms with Gasteiger partial charge in [-0.05, 0) is 47.0 Å². The summed E-state index contributed by atoms with van der Waals surface area (Å²) < 4.78 is 10.6. The molecule has 0 aliphatic rings. The summed E-state index contributed by atoms with van der Waals surface area (Å²) >= 11 is 6.01. The first kappa shape index (κ1) is 19.7. The fourth-order valence-electron chi connectivity index (χ4n) is 2.95. The van der Waals surface area contributed by atoms with Gasteiger partial charge in [0.15, 0.2) is 11.5 Å². The third-order valence-corrected chi connectivity index (χ3v) is 4.59. The Morgan fingerprint density at radius 3 is 2.43 bits per heavy atom. The second kappa shape index (κ2) is 9.24. The van der Waals surface area contributed by atoms with Crippen molar-refractivity contribution < 1.29 is 14.3 Å². The Morgan fingerprint density at radius 2 is 1.79 bits per heavy atom. The van der Waals surface area contributed by atoms with Crippen LogP contribution < -0.4 is 14.8 Å². The number of methoxy groups -OCH3 is 2. The average molecular weight is 397 g/mol. The van der Waals surface area contributed by atoms with Crippen LogP contribution in [0.15, 0.2) is 67.0 Å². The topological polar surface area (TPSA) is 60.5 Å². The fourth-order valence-corrected chi connectivity index (χ4v) is 3.08. The Morgan fingerprint density at radius 1 is 1.04 bits per heavy atom. The highest BCUT2D eigenvalue weighted by molar-refractivity contribution is 6.30. The van der Waals surface area contributed by atoms with Gasteiger partial charge in [-0.3, -0.25) is 9.78 Å². The molecule has 5 nitrogen and oxygen atoms in total. The molecule has 3 aromatic rings. The van der Waals surface area contributed by atoms with Gasteiger partial charge >= 0.3 is 0 Å². The summed E-state index contributed by atoms with van der Waals surface area (Å²) in [5, 5.41) is 3.73. The lowest BCUT2D eigenvalue weighted by molar-refractivity contribution is -0.120. The van der Waals surface area contributed by atoms with E-state index in [4.69, 9.17) is 21.1 Å². The molecule has 0 aliphatic carbocycles. The lowest BCUT2D eigenvalue weighted by Gasteiger charge is -2.20. The highest BCUT2D eigenvalue weighted by atomic mass is 35.5. The Hall–Kier alpha value is -3.05. The zero-order valence-electron chi connectivity index (χ0n) is 15.7. The van der Waals surface area contributed by atoms with Gasteiger partial charge in [-0.15, -0.1) is 0 Å². The highest BCUT2D eigenvalue weighted by Crippen LogP contribution is 2.28. The van der Waals surface area contributed by atoms with Crippen molar-refractivity contribution in [1.82, 2.24) is 10.3 Å². The number of nitrogens with zero attached hydrogens (tertiary/aromatic N) is 1. The minimum absolute atomic E-state index is 0.115. The molecule has 1 aromatic heterocycles. The van der Waals surface area contributed by atoms with Gasteiger partial charge in [0.25, 0.3) is 0 Å². The summed E-state index contributed by atoms with van der Waals surface area (Å²) in [6.45, 7) is 0. The number of ether oxygens (including phenoxy) is 2. The highest BCUT2D eigenvalue weighted by Gasteiger charge is 2.18. The van der Waals surface area contributed by atoms with Gasteiger partial charge in [-0.25, -0.2) is 0 Å². The van der Waals surface area contributed by atoms with Gasteiger partial charge in [-0.1, -0.05) is 35.9 Å². The number of halogens is 1. The first-order valence-corrected chi connectivity index (χ1v) is 9.14. The summed E-state index contributed by atoms with van der Waals surface area (Å²) in [4.78, 5) is 16.9. The van der Waals surface area contributed by atoms with Crippen molar-refractivity contribution in [3.8, 4) is 11.5 Å². The van der Waals surface area contributed by atoms with Crippen LogP contribution in [0.3, 0.4) is 0 Å². The summed E-state index contributed by atoms with van der Waals surface area (Å²) in [6.07, 6.45) is 3.66. The molecule has 1 heterocycles. The number of hydrogen-bond donors (Lipinski definition) is 1. The predicted molar refractivity (Wildman–Crippen MR) is 109 cm³/mol. The van der Waals surface area contributed by atoms with Gasteiger partial charge in [-0.2, -0.15) is 0 Å². The van der Waals surface area contributed by atoms with Crippen LogP contribution >= 0.6 is 11.6 Å². The van der Waals surface area contributed by atoms with Crippen molar-refractivity contribution in [1.29, 1.82) is 0 Å². The molecule has 2 aromatic carbocycles. The molecule has 1 N–H and O–H groups in total. The number of amides is 1. The quantitative estimate of drug-likeness (QED) is 0.650. The van der Waals surface area contributed by atoms with E-state index in [9.17, 15) is 4.79 Å². The van der Waals surface area contributed by atoms with E-state index < -0.39 is 0 Å². The van der Waals surface area contributed by atoms with Crippen LogP contribution in [0, 0.1) is 0 Å². The zero-order valence-corrected chi connectivity index (χ0v) is 16.4. The van der Waals surface area contributed by atoms with E-state index in [2.05, 4.69) is 10.3 Å². The average Bonchev–Trinajstić information content (AvgIpc) is 2.73. The number of benzene rings is 2. The minimum Gasteiger partial charge on any atom is -0.493 e. The van der Waals surface area contributed by atoms with Gasteiger partial charge < -0.3 is 14.8 Å². The van der Waals surface area contributed by atoms with Crippen molar-refractivity contribution in [3.05, 3.63) is 88.7 Å². The molecule has 6 heteroatoms. The van der Waals surface area contributed by atoms with Crippen LogP contribution in [0.2, 0.25) is 5.02 Å². The molecule has 0 spiro atoms. The van der Waals surface area contributed by atoms with Crippen molar-refractivity contribution in [2.24, 2.45) is 0 Å². The number of hydrogen-bond acceptors (Lipinski definition) is 4. The third-order valence-electron chi connectivity index (χ3n) is 4.34. The summed E-state index contributed by atoms with van der Waals surface area (Å²) in [5.74, 6) is 1.10. The normalized spacial score (nSPS) is 11.5. The second-order valence-corrected chi connectivity index (χ2v) is 6.64. The molecule has 0 fully saturated rings. The van der Waals surface area contributed by atoms with Crippen molar-refractivity contribution >= 4 is 17.5 Å². The lowest BCUT2D eigenvalue weighted by atomic mass is 9.99. The molecule has 0 unspecified atom stereocenters. The number of nitrogens with one attached hydrogen (secondary N) is 1. The van der Waals surface area contributed by atoms with Crippen molar-refractivity contribution in [3.63, 3.8) is 0 Å². The number of carbonyl (C=O) groups excluding carboxylic acids is 1. The van der Waals surface area contributed by atoms with E-state index in [-0.39, 0.29) is 18.4 Å². The molecule has 3 rings (SSSR count). The summed E-state index contributed by atoms with van der Waals surface area (Å²) in [5.41, 5.74) is 2.65. The van der Waals surface area contributed by atoms with Crippen LogP contribution in [-0.4, -0.2) is 25.1 Å². The molecule has 1 atom stereocenters. The maximum atomic E-state index is 12.8. The Kier molecular flexibility index (Phi) is 6.50. The molecular formula is C22H21ClN2O3. The van der Waals surface area contributed by atoms with Crippen molar-refractivity contribution in [2.75, 3.05) is 14.2 Å². The van der Waals surface area contributed by atoms with E-state index in [1.54, 1.807) is 50.9 Å². The van der Waals surface area contributed by atoms with Gasteiger partial charge in [0.1, 0.15) is 0 Å². The first-order valence-electron chi connectivity index (χ1n) is 8.76. The standard InChI is InChI=1S/C22H21ClN2O3/c1-27-19-10-5-15(12-20(19)28-2)13-21(26)25-22(17-4-3-11-24-14-17)16-6-8-18(23)9-7-16/h3-12,14,22H,13H2,1-2H3,(H,25,26)/t22-/m1/s1. The van der Waals surface area contributed by atoms with Gasteiger partial charge in [0, 0.05) is 17.4 Å². The first-order chi connectivity index (χ1) is 13.6. The van der Waals surface area contributed by atoms with E-state index >= 15 is 0 Å². The summed E-state index contributed by atoms with van der Waals surface area (Å²) in [7, 11) is 3.15. The van der Waals surface area contributed by atoms with Crippen LogP contribution in [0.5, 0.6) is 11.5 Å². The van der Waals surface area contributed by atoms with E-state index in [1.807, 2.05) is 30.3 Å². The number of pyridine rings is 1. The monoisotopic (exact) mass is 396 g/mol. The Labute approximate surface area is 169 Å². The Balaban J connectivity index is 1.81. The zero-order chi connectivity index (χ0) is 19.9. The van der Waals surface area contributed by atoms with Crippen LogP contribution in [-0.2, 0) is 11.2 Å². The van der Waals surface area contributed by atoms with E-state index in [0.717, 1.165) is 16.7 Å². The second-order valence-electron chi connectivity index (χ2n) is 6.20. The lowest BCUT2D eigenvalue weighted by Crippen LogP contribution is -2.30. The van der Waals surface area contributed by atoms with Gasteiger partial charge in [0.2, 0.25) is 5.91 Å². The predicted octanol–water partition coefficient (Wildman–Crippen LogP) is 4.20. The Bertz CT molecular complexity index is 930. The molecule has 0 bridgehead atoms. The SMILES string of the molecule is COc1ccc(CC(=O)N[C@H](c2ccc(Cl)cc2)c2cccnc2)cc1OC. The van der Waals surface area contributed by atoms with E-state index in [1.165, 1.54) is 0 Å². The molecule has 0 radical (unpaired) electrons. The molecule has 0 saturated carbocycles. The van der Waals surface area contributed by atoms with E-state index in [0.29, 0.717) is 16.5 Å².